The highest BCUT2D eigenvalue weighted by Gasteiger charge is 2.18. The molecule has 0 fully saturated rings. The van der Waals surface area contributed by atoms with Crippen molar-refractivity contribution in [1.82, 2.24) is 0 Å². The van der Waals surface area contributed by atoms with Crippen LogP contribution >= 0.6 is 11.6 Å². The standard InChI is InChI=1S/C14H13ClN2/c15-11-7-5-10(6-8-11)9-14-16-12-3-1-2-4-13(12)17-14/h1-8,14,16-17H,9H2. The van der Waals surface area contributed by atoms with Gasteiger partial charge in [-0.25, -0.2) is 0 Å². The fourth-order valence-electron chi connectivity index (χ4n) is 2.10. The number of para-hydroxylation sites is 2. The van der Waals surface area contributed by atoms with Crippen molar-refractivity contribution in [3.8, 4) is 0 Å². The molecule has 2 aromatic rings. The lowest BCUT2D eigenvalue weighted by molar-refractivity contribution is 0.831. The second-order valence-electron chi connectivity index (χ2n) is 4.22. The Balaban J connectivity index is 1.71. The first-order valence-corrected chi connectivity index (χ1v) is 6.05. The molecule has 2 nitrogen and oxygen atoms in total. The molecular weight excluding hydrogens is 232 g/mol. The van der Waals surface area contributed by atoms with Crippen molar-refractivity contribution in [2.45, 2.75) is 12.6 Å². The van der Waals surface area contributed by atoms with E-state index in [1.165, 1.54) is 16.9 Å². The fraction of sp³-hybridized carbons (Fsp3) is 0.143. The SMILES string of the molecule is Clc1ccc(CC2Nc3ccccc3N2)cc1. The van der Waals surface area contributed by atoms with E-state index in [1.807, 2.05) is 24.3 Å². The zero-order valence-electron chi connectivity index (χ0n) is 9.28. The molecule has 2 aromatic carbocycles. The van der Waals surface area contributed by atoms with Gasteiger partial charge in [-0.3, -0.25) is 0 Å². The number of rotatable bonds is 2. The van der Waals surface area contributed by atoms with E-state index in [1.54, 1.807) is 0 Å². The van der Waals surface area contributed by atoms with Crippen LogP contribution in [0.25, 0.3) is 0 Å². The van der Waals surface area contributed by atoms with E-state index in [0.29, 0.717) is 0 Å². The molecule has 0 saturated heterocycles. The lowest BCUT2D eigenvalue weighted by Gasteiger charge is -2.12. The van der Waals surface area contributed by atoms with E-state index >= 15 is 0 Å². The Morgan fingerprint density at radius 2 is 1.47 bits per heavy atom. The molecule has 0 radical (unpaired) electrons. The van der Waals surface area contributed by atoms with Crippen molar-refractivity contribution in [3.05, 3.63) is 59.1 Å². The van der Waals surface area contributed by atoms with Gasteiger partial charge in [-0.2, -0.15) is 0 Å². The highest BCUT2D eigenvalue weighted by molar-refractivity contribution is 6.30. The maximum Gasteiger partial charge on any atom is 0.101 e. The van der Waals surface area contributed by atoms with Crippen LogP contribution in [0.2, 0.25) is 5.02 Å². The number of fused-ring (bicyclic) bond motifs is 1. The zero-order valence-corrected chi connectivity index (χ0v) is 10.0. The van der Waals surface area contributed by atoms with E-state index in [4.69, 9.17) is 11.6 Å². The van der Waals surface area contributed by atoms with Crippen molar-refractivity contribution < 1.29 is 0 Å². The van der Waals surface area contributed by atoms with E-state index < -0.39 is 0 Å². The molecule has 0 bridgehead atoms. The van der Waals surface area contributed by atoms with Gasteiger partial charge in [0.25, 0.3) is 0 Å². The number of hydrogen-bond donors (Lipinski definition) is 2. The minimum absolute atomic E-state index is 0.258. The summed E-state index contributed by atoms with van der Waals surface area (Å²) in [6.07, 6.45) is 1.19. The van der Waals surface area contributed by atoms with Crippen molar-refractivity contribution in [2.75, 3.05) is 10.6 Å². The summed E-state index contributed by atoms with van der Waals surface area (Å²) in [6.45, 7) is 0. The van der Waals surface area contributed by atoms with Crippen molar-refractivity contribution in [3.63, 3.8) is 0 Å². The summed E-state index contributed by atoms with van der Waals surface area (Å²) >= 11 is 5.87. The Morgan fingerprint density at radius 1 is 0.882 bits per heavy atom. The summed E-state index contributed by atoms with van der Waals surface area (Å²) in [7, 11) is 0. The Bertz CT molecular complexity index is 497. The maximum atomic E-state index is 5.87. The fourth-order valence-corrected chi connectivity index (χ4v) is 2.23. The van der Waals surface area contributed by atoms with Crippen LogP contribution in [0.4, 0.5) is 11.4 Å². The Kier molecular flexibility index (Phi) is 2.65. The summed E-state index contributed by atoms with van der Waals surface area (Å²) in [5.41, 5.74) is 3.62. The first-order valence-electron chi connectivity index (χ1n) is 5.68. The number of hydrogen-bond acceptors (Lipinski definition) is 2. The molecule has 0 aliphatic carbocycles. The molecule has 17 heavy (non-hydrogen) atoms. The van der Waals surface area contributed by atoms with Crippen LogP contribution in [0.3, 0.4) is 0 Å². The minimum atomic E-state index is 0.258. The monoisotopic (exact) mass is 244 g/mol. The average molecular weight is 245 g/mol. The summed E-state index contributed by atoms with van der Waals surface area (Å²) in [5, 5.41) is 7.69. The van der Waals surface area contributed by atoms with Gasteiger partial charge in [0, 0.05) is 11.4 Å². The first-order chi connectivity index (χ1) is 8.31. The van der Waals surface area contributed by atoms with Crippen LogP contribution in [0.15, 0.2) is 48.5 Å². The highest BCUT2D eigenvalue weighted by atomic mass is 35.5. The minimum Gasteiger partial charge on any atom is -0.363 e. The molecule has 1 heterocycles. The smallest absolute Gasteiger partial charge is 0.101 e. The molecule has 3 heteroatoms. The molecule has 1 aliphatic rings. The van der Waals surface area contributed by atoms with Crippen LogP contribution in [0, 0.1) is 0 Å². The van der Waals surface area contributed by atoms with Crippen LogP contribution < -0.4 is 10.6 Å². The third-order valence-corrected chi connectivity index (χ3v) is 3.19. The van der Waals surface area contributed by atoms with Crippen LogP contribution in [0.5, 0.6) is 0 Å². The number of benzene rings is 2. The van der Waals surface area contributed by atoms with Crippen molar-refractivity contribution in [1.29, 1.82) is 0 Å². The Labute approximate surface area is 106 Å². The first kappa shape index (κ1) is 10.5. The normalized spacial score (nSPS) is 13.9. The molecule has 86 valence electrons. The molecule has 0 atom stereocenters. The average Bonchev–Trinajstić information content (AvgIpc) is 2.74. The summed E-state index contributed by atoms with van der Waals surface area (Å²) in [5.74, 6) is 0. The zero-order chi connectivity index (χ0) is 11.7. The van der Waals surface area contributed by atoms with Gasteiger partial charge in [-0.15, -0.1) is 0 Å². The van der Waals surface area contributed by atoms with Gasteiger partial charge < -0.3 is 10.6 Å². The Morgan fingerprint density at radius 3 is 2.06 bits per heavy atom. The molecule has 3 rings (SSSR count). The predicted molar refractivity (Wildman–Crippen MR) is 72.6 cm³/mol. The van der Waals surface area contributed by atoms with E-state index in [0.717, 1.165) is 11.4 Å². The molecular formula is C14H13ClN2. The topological polar surface area (TPSA) is 24.1 Å². The highest BCUT2D eigenvalue weighted by Crippen LogP contribution is 2.29. The predicted octanol–water partition coefficient (Wildman–Crippen LogP) is 3.75. The Hall–Kier alpha value is -1.67. The third kappa shape index (κ3) is 2.22. The molecule has 0 unspecified atom stereocenters. The summed E-state index contributed by atoms with van der Waals surface area (Å²) in [4.78, 5) is 0. The summed E-state index contributed by atoms with van der Waals surface area (Å²) < 4.78 is 0. The van der Waals surface area contributed by atoms with E-state index in [-0.39, 0.29) is 6.17 Å². The van der Waals surface area contributed by atoms with Gasteiger partial charge in [0.1, 0.15) is 6.17 Å². The lowest BCUT2D eigenvalue weighted by atomic mass is 10.1. The molecule has 2 N–H and O–H groups in total. The van der Waals surface area contributed by atoms with Crippen molar-refractivity contribution >= 4 is 23.0 Å². The van der Waals surface area contributed by atoms with Gasteiger partial charge in [0.05, 0.1) is 11.4 Å². The largest absolute Gasteiger partial charge is 0.363 e. The maximum absolute atomic E-state index is 5.87. The number of anilines is 2. The molecule has 0 saturated carbocycles. The number of halogens is 1. The van der Waals surface area contributed by atoms with Crippen LogP contribution in [-0.4, -0.2) is 6.17 Å². The van der Waals surface area contributed by atoms with Gasteiger partial charge in [-0.05, 0) is 29.8 Å². The molecule has 0 aromatic heterocycles. The van der Waals surface area contributed by atoms with Crippen molar-refractivity contribution in [2.24, 2.45) is 0 Å². The van der Waals surface area contributed by atoms with E-state index in [2.05, 4.69) is 34.9 Å². The second-order valence-corrected chi connectivity index (χ2v) is 4.65. The van der Waals surface area contributed by atoms with Gasteiger partial charge >= 0.3 is 0 Å². The second kappa shape index (κ2) is 4.30. The van der Waals surface area contributed by atoms with Gasteiger partial charge in [0.15, 0.2) is 0 Å². The quantitative estimate of drug-likeness (QED) is 0.841. The summed E-state index contributed by atoms with van der Waals surface area (Å²) in [6, 6.07) is 16.2. The van der Waals surface area contributed by atoms with E-state index in [9.17, 15) is 0 Å². The van der Waals surface area contributed by atoms with Gasteiger partial charge in [-0.1, -0.05) is 35.9 Å². The van der Waals surface area contributed by atoms with Crippen LogP contribution in [-0.2, 0) is 6.42 Å². The third-order valence-electron chi connectivity index (χ3n) is 2.94. The lowest BCUT2D eigenvalue weighted by Crippen LogP contribution is -2.24. The number of nitrogens with one attached hydrogen (secondary N) is 2. The molecule has 1 aliphatic heterocycles. The molecule has 0 amide bonds. The van der Waals surface area contributed by atoms with Crippen LogP contribution in [0.1, 0.15) is 5.56 Å². The molecule has 0 spiro atoms. The van der Waals surface area contributed by atoms with Gasteiger partial charge in [0.2, 0.25) is 0 Å².